The van der Waals surface area contributed by atoms with Gasteiger partial charge in [0.05, 0.1) is 11.1 Å². The Bertz CT molecular complexity index is 804. The summed E-state index contributed by atoms with van der Waals surface area (Å²) in [5, 5.41) is 18.1. The van der Waals surface area contributed by atoms with E-state index < -0.39 is 4.92 Å². The van der Waals surface area contributed by atoms with E-state index in [0.717, 1.165) is 0 Å². The van der Waals surface area contributed by atoms with Crippen LogP contribution in [0.2, 0.25) is 5.02 Å². The number of nitro groups is 1. The number of hydrazone groups is 1. The van der Waals surface area contributed by atoms with Gasteiger partial charge in [-0.1, -0.05) is 17.7 Å². The fraction of sp³-hybridized carbons (Fsp3) is 0.0667. The third-order valence-electron chi connectivity index (χ3n) is 2.82. The van der Waals surface area contributed by atoms with E-state index in [4.69, 9.17) is 28.2 Å². The average molecular weight is 365 g/mol. The van der Waals surface area contributed by atoms with Gasteiger partial charge in [0.25, 0.3) is 5.69 Å². The minimum Gasteiger partial charge on any atom is -0.455 e. The van der Waals surface area contributed by atoms with Gasteiger partial charge in [0.15, 0.2) is 5.11 Å². The van der Waals surface area contributed by atoms with E-state index in [9.17, 15) is 10.1 Å². The van der Waals surface area contributed by atoms with Crippen LogP contribution >= 0.6 is 23.8 Å². The number of benzene rings is 1. The molecule has 0 amide bonds. The van der Waals surface area contributed by atoms with E-state index in [1.54, 1.807) is 24.3 Å². The van der Waals surface area contributed by atoms with Crippen molar-refractivity contribution in [2.75, 3.05) is 6.54 Å². The van der Waals surface area contributed by atoms with E-state index in [0.29, 0.717) is 28.7 Å². The molecular formula is C15H13ClN4O3S. The number of halogens is 1. The van der Waals surface area contributed by atoms with Crippen molar-refractivity contribution in [3.63, 3.8) is 0 Å². The molecule has 1 aromatic heterocycles. The fourth-order valence-corrected chi connectivity index (χ4v) is 2.06. The average Bonchev–Trinajstić information content (AvgIpc) is 3.02. The summed E-state index contributed by atoms with van der Waals surface area (Å²) < 4.78 is 5.57. The first kappa shape index (κ1) is 17.6. The summed E-state index contributed by atoms with van der Waals surface area (Å²) in [5.41, 5.74) is 2.99. The highest BCUT2D eigenvalue weighted by atomic mass is 35.5. The minimum absolute atomic E-state index is 0.0711. The van der Waals surface area contributed by atoms with Crippen LogP contribution < -0.4 is 10.7 Å². The van der Waals surface area contributed by atoms with Crippen LogP contribution in [-0.2, 0) is 0 Å². The summed E-state index contributed by atoms with van der Waals surface area (Å²) in [4.78, 5) is 10.4. The molecule has 0 bridgehead atoms. The maximum Gasteiger partial charge on any atom is 0.288 e. The van der Waals surface area contributed by atoms with Crippen LogP contribution in [0.25, 0.3) is 11.3 Å². The number of nitro benzene ring substituents is 1. The molecule has 0 atom stereocenters. The molecule has 124 valence electrons. The fourth-order valence-electron chi connectivity index (χ4n) is 1.74. The normalized spacial score (nSPS) is 10.5. The Kier molecular flexibility index (Phi) is 6.05. The van der Waals surface area contributed by atoms with Crippen molar-refractivity contribution in [1.82, 2.24) is 10.7 Å². The molecule has 0 fully saturated rings. The van der Waals surface area contributed by atoms with Crippen LogP contribution in [-0.4, -0.2) is 22.8 Å². The van der Waals surface area contributed by atoms with Crippen LogP contribution in [0.1, 0.15) is 5.76 Å². The number of nitrogens with zero attached hydrogens (tertiary/aromatic N) is 2. The van der Waals surface area contributed by atoms with Gasteiger partial charge in [-0.15, -0.1) is 6.58 Å². The Morgan fingerprint density at radius 3 is 2.96 bits per heavy atom. The van der Waals surface area contributed by atoms with Crippen molar-refractivity contribution < 1.29 is 9.34 Å². The summed E-state index contributed by atoms with van der Waals surface area (Å²) >= 11 is 10.8. The van der Waals surface area contributed by atoms with E-state index in [1.807, 2.05) is 0 Å². The molecule has 0 saturated carbocycles. The molecule has 0 unspecified atom stereocenters. The molecule has 1 heterocycles. The van der Waals surface area contributed by atoms with Gasteiger partial charge in [0, 0.05) is 18.2 Å². The number of hydrogen-bond acceptors (Lipinski definition) is 5. The van der Waals surface area contributed by atoms with Gasteiger partial charge in [0.1, 0.15) is 16.5 Å². The van der Waals surface area contributed by atoms with Gasteiger partial charge in [-0.2, -0.15) is 5.10 Å². The van der Waals surface area contributed by atoms with Crippen molar-refractivity contribution in [3.8, 4) is 11.3 Å². The maximum atomic E-state index is 10.9. The second kappa shape index (κ2) is 8.23. The maximum absolute atomic E-state index is 10.9. The highest BCUT2D eigenvalue weighted by Gasteiger charge is 2.15. The van der Waals surface area contributed by atoms with Gasteiger partial charge >= 0.3 is 0 Å². The first-order chi connectivity index (χ1) is 11.5. The summed E-state index contributed by atoms with van der Waals surface area (Å²) in [6, 6.07) is 7.82. The zero-order valence-electron chi connectivity index (χ0n) is 12.4. The summed E-state index contributed by atoms with van der Waals surface area (Å²) in [6.45, 7) is 4.09. The van der Waals surface area contributed by atoms with Crippen LogP contribution in [0.4, 0.5) is 5.69 Å². The number of furan rings is 1. The minimum atomic E-state index is -0.543. The largest absolute Gasteiger partial charge is 0.455 e. The van der Waals surface area contributed by atoms with E-state index >= 15 is 0 Å². The lowest BCUT2D eigenvalue weighted by atomic mass is 10.1. The Labute approximate surface area is 148 Å². The molecule has 0 aliphatic rings. The van der Waals surface area contributed by atoms with E-state index in [-0.39, 0.29) is 10.7 Å². The highest BCUT2D eigenvalue weighted by molar-refractivity contribution is 7.80. The molecule has 24 heavy (non-hydrogen) atoms. The van der Waals surface area contributed by atoms with Gasteiger partial charge < -0.3 is 9.73 Å². The second-order valence-corrected chi connectivity index (χ2v) is 5.31. The molecule has 0 spiro atoms. The Hall–Kier alpha value is -2.71. The van der Waals surface area contributed by atoms with E-state index in [1.165, 1.54) is 18.3 Å². The highest BCUT2D eigenvalue weighted by Crippen LogP contribution is 2.30. The van der Waals surface area contributed by atoms with Crippen LogP contribution in [0.3, 0.4) is 0 Å². The number of nitrogens with one attached hydrogen (secondary N) is 2. The quantitative estimate of drug-likeness (QED) is 0.268. The zero-order valence-corrected chi connectivity index (χ0v) is 13.9. The molecule has 2 aromatic rings. The molecule has 2 rings (SSSR count). The molecule has 0 saturated heterocycles. The van der Waals surface area contributed by atoms with Crippen molar-refractivity contribution in [3.05, 3.63) is 63.9 Å². The topological polar surface area (TPSA) is 92.7 Å². The standard InChI is InChI=1S/C15H13ClN4O3S/c1-2-7-17-15(24)19-18-9-11-4-6-14(23-11)10-3-5-12(16)13(8-10)20(21)22/h2-6,8-9H,1,7H2,(H2,17,19,24). The van der Waals surface area contributed by atoms with Crippen LogP contribution in [0.5, 0.6) is 0 Å². The third-order valence-corrected chi connectivity index (χ3v) is 3.37. The first-order valence-electron chi connectivity index (χ1n) is 6.73. The second-order valence-electron chi connectivity index (χ2n) is 4.49. The summed E-state index contributed by atoms with van der Waals surface area (Å²) in [5.74, 6) is 0.921. The molecule has 1 aromatic carbocycles. The van der Waals surface area contributed by atoms with Crippen molar-refractivity contribution >= 4 is 40.8 Å². The van der Waals surface area contributed by atoms with Crippen molar-refractivity contribution in [1.29, 1.82) is 0 Å². The molecule has 0 radical (unpaired) electrons. The number of hydrogen-bond donors (Lipinski definition) is 2. The summed E-state index contributed by atoms with van der Waals surface area (Å²) in [6.07, 6.45) is 3.11. The van der Waals surface area contributed by atoms with Crippen LogP contribution in [0.15, 0.2) is 52.5 Å². The van der Waals surface area contributed by atoms with E-state index in [2.05, 4.69) is 22.4 Å². The van der Waals surface area contributed by atoms with Gasteiger partial charge in [-0.05, 0) is 36.5 Å². The zero-order chi connectivity index (χ0) is 17.5. The SMILES string of the molecule is C=CCNC(=S)NN=Cc1ccc(-c2ccc(Cl)c([N+](=O)[O-])c2)o1. The molecule has 7 nitrogen and oxygen atoms in total. The number of thiocarbonyl (C=S) groups is 1. The van der Waals surface area contributed by atoms with Crippen molar-refractivity contribution in [2.45, 2.75) is 0 Å². The predicted molar refractivity (Wildman–Crippen MR) is 97.3 cm³/mol. The number of rotatable bonds is 6. The Balaban J connectivity index is 2.08. The molecule has 2 N–H and O–H groups in total. The Morgan fingerprint density at radius 1 is 1.46 bits per heavy atom. The smallest absolute Gasteiger partial charge is 0.288 e. The first-order valence-corrected chi connectivity index (χ1v) is 7.52. The molecular weight excluding hydrogens is 352 g/mol. The lowest BCUT2D eigenvalue weighted by molar-refractivity contribution is -0.384. The Morgan fingerprint density at radius 2 is 2.25 bits per heavy atom. The molecule has 0 aliphatic carbocycles. The van der Waals surface area contributed by atoms with Crippen molar-refractivity contribution in [2.24, 2.45) is 5.10 Å². The predicted octanol–water partition coefficient (Wildman–Crippen LogP) is 3.49. The monoisotopic (exact) mass is 364 g/mol. The lowest BCUT2D eigenvalue weighted by Crippen LogP contribution is -2.31. The van der Waals surface area contributed by atoms with Gasteiger partial charge in [-0.3, -0.25) is 15.5 Å². The molecule has 0 aliphatic heterocycles. The van der Waals surface area contributed by atoms with Crippen LogP contribution in [0, 0.1) is 10.1 Å². The van der Waals surface area contributed by atoms with Gasteiger partial charge in [0.2, 0.25) is 0 Å². The summed E-state index contributed by atoms with van der Waals surface area (Å²) in [7, 11) is 0. The lowest BCUT2D eigenvalue weighted by Gasteiger charge is -2.02. The third kappa shape index (κ3) is 4.64. The molecule has 9 heteroatoms. The van der Waals surface area contributed by atoms with Gasteiger partial charge in [-0.25, -0.2) is 0 Å².